The summed E-state index contributed by atoms with van der Waals surface area (Å²) in [5.41, 5.74) is 9.42. The van der Waals surface area contributed by atoms with Gasteiger partial charge in [0, 0.05) is 22.3 Å². The molecule has 2 rings (SSSR count). The van der Waals surface area contributed by atoms with Crippen molar-refractivity contribution in [2.75, 3.05) is 12.8 Å². The predicted octanol–water partition coefficient (Wildman–Crippen LogP) is 3.24. The Labute approximate surface area is 122 Å². The van der Waals surface area contributed by atoms with Gasteiger partial charge in [-0.1, -0.05) is 34.1 Å². The summed E-state index contributed by atoms with van der Waals surface area (Å²) < 4.78 is 1.12. The number of hydrogen-bond donors (Lipinski definition) is 2. The Kier molecular flexibility index (Phi) is 4.56. The number of aromatic nitrogens is 1. The molecule has 4 heteroatoms. The average Bonchev–Trinajstić information content (AvgIpc) is 2.41. The third-order valence-electron chi connectivity index (χ3n) is 3.19. The van der Waals surface area contributed by atoms with Crippen LogP contribution in [-0.2, 0) is 6.42 Å². The van der Waals surface area contributed by atoms with Gasteiger partial charge in [-0.3, -0.25) is 0 Å². The number of aryl methyl sites for hydroxylation is 1. The smallest absolute Gasteiger partial charge is 0.128 e. The normalized spacial score (nSPS) is 12.4. The van der Waals surface area contributed by atoms with Gasteiger partial charge in [-0.2, -0.15) is 0 Å². The quantitative estimate of drug-likeness (QED) is 0.909. The molecular formula is C15H18BrN3. The lowest BCUT2D eigenvalue weighted by atomic mass is 9.98. The first-order chi connectivity index (χ1) is 9.11. The highest BCUT2D eigenvalue weighted by Crippen LogP contribution is 2.26. The number of likely N-dealkylation sites (N-methyl/N-ethyl adjacent to an activating group) is 1. The van der Waals surface area contributed by atoms with Crippen LogP contribution in [0, 0.1) is 6.92 Å². The fourth-order valence-electron chi connectivity index (χ4n) is 2.13. The monoisotopic (exact) mass is 319 g/mol. The van der Waals surface area contributed by atoms with E-state index in [9.17, 15) is 0 Å². The number of hydrogen-bond acceptors (Lipinski definition) is 3. The maximum Gasteiger partial charge on any atom is 0.128 e. The van der Waals surface area contributed by atoms with E-state index in [0.717, 1.165) is 22.0 Å². The van der Waals surface area contributed by atoms with Crippen molar-refractivity contribution in [1.29, 1.82) is 0 Å². The second-order valence-electron chi connectivity index (χ2n) is 4.62. The van der Waals surface area contributed by atoms with E-state index in [4.69, 9.17) is 5.73 Å². The summed E-state index contributed by atoms with van der Waals surface area (Å²) in [5.74, 6) is 0.594. The molecule has 100 valence electrons. The van der Waals surface area contributed by atoms with Crippen LogP contribution in [0.25, 0.3) is 0 Å². The SMILES string of the molecule is CNC(Cc1ccccc1Br)c1cc(C)cnc1N. The molecule has 1 unspecified atom stereocenters. The first kappa shape index (κ1) is 14.0. The van der Waals surface area contributed by atoms with E-state index in [0.29, 0.717) is 5.82 Å². The van der Waals surface area contributed by atoms with Gasteiger partial charge in [0.2, 0.25) is 0 Å². The van der Waals surface area contributed by atoms with Crippen LogP contribution in [0.3, 0.4) is 0 Å². The van der Waals surface area contributed by atoms with Gasteiger partial charge < -0.3 is 11.1 Å². The van der Waals surface area contributed by atoms with Gasteiger partial charge in [0.15, 0.2) is 0 Å². The van der Waals surface area contributed by atoms with Crippen molar-refractivity contribution in [2.45, 2.75) is 19.4 Å². The molecular weight excluding hydrogens is 302 g/mol. The minimum Gasteiger partial charge on any atom is -0.383 e. The first-order valence-corrected chi connectivity index (χ1v) is 7.03. The number of nitrogens with one attached hydrogen (secondary N) is 1. The van der Waals surface area contributed by atoms with Crippen molar-refractivity contribution in [1.82, 2.24) is 10.3 Å². The predicted molar refractivity (Wildman–Crippen MR) is 83.0 cm³/mol. The van der Waals surface area contributed by atoms with E-state index in [1.165, 1.54) is 5.56 Å². The average molecular weight is 320 g/mol. The number of nitrogens with two attached hydrogens (primary N) is 1. The Morgan fingerprint density at radius 1 is 1.37 bits per heavy atom. The Bertz CT molecular complexity index is 569. The van der Waals surface area contributed by atoms with Crippen LogP contribution in [0.2, 0.25) is 0 Å². The molecule has 0 spiro atoms. The zero-order valence-electron chi connectivity index (χ0n) is 11.2. The molecule has 0 radical (unpaired) electrons. The topological polar surface area (TPSA) is 50.9 Å². The van der Waals surface area contributed by atoms with Crippen molar-refractivity contribution in [3.05, 3.63) is 57.7 Å². The summed E-state index contributed by atoms with van der Waals surface area (Å²) in [7, 11) is 1.95. The summed E-state index contributed by atoms with van der Waals surface area (Å²) in [4.78, 5) is 4.24. The zero-order valence-corrected chi connectivity index (χ0v) is 12.7. The molecule has 1 aromatic carbocycles. The molecule has 1 atom stereocenters. The maximum atomic E-state index is 5.99. The van der Waals surface area contributed by atoms with Crippen LogP contribution in [0.15, 0.2) is 41.0 Å². The van der Waals surface area contributed by atoms with E-state index >= 15 is 0 Å². The van der Waals surface area contributed by atoms with Crippen LogP contribution in [0.5, 0.6) is 0 Å². The Morgan fingerprint density at radius 3 is 2.79 bits per heavy atom. The van der Waals surface area contributed by atoms with Gasteiger partial charge in [-0.25, -0.2) is 4.98 Å². The summed E-state index contributed by atoms with van der Waals surface area (Å²) in [6.45, 7) is 2.03. The van der Waals surface area contributed by atoms with Gasteiger partial charge >= 0.3 is 0 Å². The van der Waals surface area contributed by atoms with E-state index in [-0.39, 0.29) is 6.04 Å². The molecule has 0 saturated heterocycles. The molecule has 0 saturated carbocycles. The molecule has 0 aliphatic rings. The van der Waals surface area contributed by atoms with E-state index in [2.05, 4.69) is 44.4 Å². The summed E-state index contributed by atoms with van der Waals surface area (Å²) >= 11 is 3.58. The molecule has 1 aromatic heterocycles. The molecule has 0 aliphatic carbocycles. The van der Waals surface area contributed by atoms with Crippen LogP contribution >= 0.6 is 15.9 Å². The van der Waals surface area contributed by atoms with Gasteiger partial charge in [0.05, 0.1) is 0 Å². The number of nitrogens with zero attached hydrogens (tertiary/aromatic N) is 1. The summed E-state index contributed by atoms with van der Waals surface area (Å²) in [5, 5.41) is 3.32. The lowest BCUT2D eigenvalue weighted by molar-refractivity contribution is 0.590. The second-order valence-corrected chi connectivity index (χ2v) is 5.48. The number of pyridine rings is 1. The van der Waals surface area contributed by atoms with Gasteiger partial charge in [0.25, 0.3) is 0 Å². The van der Waals surface area contributed by atoms with Gasteiger partial charge in [-0.15, -0.1) is 0 Å². The molecule has 0 aliphatic heterocycles. The lowest BCUT2D eigenvalue weighted by Gasteiger charge is -2.19. The van der Waals surface area contributed by atoms with Crippen LogP contribution in [-0.4, -0.2) is 12.0 Å². The van der Waals surface area contributed by atoms with Crippen LogP contribution in [0.4, 0.5) is 5.82 Å². The third-order valence-corrected chi connectivity index (χ3v) is 3.97. The molecule has 3 nitrogen and oxygen atoms in total. The minimum absolute atomic E-state index is 0.158. The fourth-order valence-corrected chi connectivity index (χ4v) is 2.58. The van der Waals surface area contributed by atoms with Crippen molar-refractivity contribution >= 4 is 21.7 Å². The Morgan fingerprint density at radius 2 is 2.11 bits per heavy atom. The fraction of sp³-hybridized carbons (Fsp3) is 0.267. The van der Waals surface area contributed by atoms with Crippen LogP contribution < -0.4 is 11.1 Å². The molecule has 3 N–H and O–H groups in total. The van der Waals surface area contributed by atoms with E-state index in [1.54, 1.807) is 6.20 Å². The van der Waals surface area contributed by atoms with Crippen molar-refractivity contribution in [2.24, 2.45) is 0 Å². The minimum atomic E-state index is 0.158. The number of halogens is 1. The number of benzene rings is 1. The van der Waals surface area contributed by atoms with Gasteiger partial charge in [0.1, 0.15) is 5.82 Å². The first-order valence-electron chi connectivity index (χ1n) is 6.24. The maximum absolute atomic E-state index is 5.99. The molecule has 0 bridgehead atoms. The Balaban J connectivity index is 2.30. The van der Waals surface area contributed by atoms with Crippen LogP contribution in [0.1, 0.15) is 22.7 Å². The van der Waals surface area contributed by atoms with Crippen molar-refractivity contribution in [3.8, 4) is 0 Å². The summed E-state index contributed by atoms with van der Waals surface area (Å²) in [6.07, 6.45) is 2.66. The third kappa shape index (κ3) is 3.33. The second kappa shape index (κ2) is 6.17. The molecule has 19 heavy (non-hydrogen) atoms. The largest absolute Gasteiger partial charge is 0.383 e. The molecule has 0 amide bonds. The number of anilines is 1. The number of rotatable bonds is 4. The molecule has 2 aromatic rings. The molecule has 1 heterocycles. The van der Waals surface area contributed by atoms with Crippen molar-refractivity contribution in [3.63, 3.8) is 0 Å². The van der Waals surface area contributed by atoms with Gasteiger partial charge in [-0.05, 0) is 43.7 Å². The standard InChI is InChI=1S/C15H18BrN3/c1-10-7-12(15(17)19-9-10)14(18-2)8-11-5-3-4-6-13(11)16/h3-7,9,14,18H,8H2,1-2H3,(H2,17,19). The van der Waals surface area contributed by atoms with Crippen molar-refractivity contribution < 1.29 is 0 Å². The molecule has 0 fully saturated rings. The zero-order chi connectivity index (χ0) is 13.8. The Hall–Kier alpha value is -1.39. The lowest BCUT2D eigenvalue weighted by Crippen LogP contribution is -2.21. The van der Waals surface area contributed by atoms with E-state index in [1.807, 2.05) is 26.1 Å². The highest BCUT2D eigenvalue weighted by molar-refractivity contribution is 9.10. The number of nitrogen functional groups attached to an aromatic ring is 1. The summed E-state index contributed by atoms with van der Waals surface area (Å²) in [6, 6.07) is 10.5. The highest BCUT2D eigenvalue weighted by atomic mass is 79.9. The highest BCUT2D eigenvalue weighted by Gasteiger charge is 2.15. The van der Waals surface area contributed by atoms with E-state index < -0.39 is 0 Å².